The number of amides is 2. The Hall–Kier alpha value is 0.250. The number of ether oxygens (including phenoxy) is 2. The predicted octanol–water partition coefficient (Wildman–Crippen LogP) is 5.33. The van der Waals surface area contributed by atoms with E-state index in [4.69, 9.17) is 9.47 Å². The van der Waals surface area contributed by atoms with Crippen molar-refractivity contribution in [3.63, 3.8) is 0 Å². The van der Waals surface area contributed by atoms with Gasteiger partial charge in [-0.05, 0) is 120 Å². The molecule has 1 heterocycles. The number of esters is 1. The number of aromatic hydroxyl groups is 1. The van der Waals surface area contributed by atoms with Gasteiger partial charge in [-0.3, -0.25) is 9.59 Å². The first-order chi connectivity index (χ1) is 17.6. The molecular weight excluding hydrogens is 1110 g/mol. The second-order valence-corrected chi connectivity index (χ2v) is 12.9. The van der Waals surface area contributed by atoms with Crippen molar-refractivity contribution in [3.05, 3.63) is 44.1 Å². The molecule has 0 radical (unpaired) electrons. The second-order valence-electron chi connectivity index (χ2n) is 8.20. The van der Waals surface area contributed by atoms with E-state index in [2.05, 4.69) is 101 Å². The van der Waals surface area contributed by atoms with Crippen molar-refractivity contribution in [1.82, 2.24) is 21.7 Å². The first kappa shape index (κ1) is 40.2. The van der Waals surface area contributed by atoms with E-state index in [9.17, 15) is 19.5 Å². The molecule has 1 saturated heterocycles. The first-order valence-corrected chi connectivity index (χ1v) is 15.6. The largest absolute Gasteiger partial charge is 0.506 e. The van der Waals surface area contributed by atoms with Crippen LogP contribution in [0.2, 0.25) is 0 Å². The molecule has 2 amide bonds. The van der Waals surface area contributed by atoms with Crippen LogP contribution in [0.15, 0.2) is 24.3 Å². The molecule has 40 heavy (non-hydrogen) atoms. The molecular formula is C24H30Br2I4N4O6. The van der Waals surface area contributed by atoms with Gasteiger partial charge in [-0.2, -0.15) is 0 Å². The Morgan fingerprint density at radius 2 is 1.52 bits per heavy atom. The molecule has 2 aromatic carbocycles. The van der Waals surface area contributed by atoms with Gasteiger partial charge in [0.15, 0.2) is 5.75 Å². The van der Waals surface area contributed by atoms with Crippen molar-refractivity contribution in [1.29, 1.82) is 0 Å². The van der Waals surface area contributed by atoms with Gasteiger partial charge in [0.1, 0.15) is 17.5 Å². The average molecular weight is 1140 g/mol. The number of nitrogens with zero attached hydrogens (tertiary/aromatic N) is 1. The minimum absolute atomic E-state index is 0. The summed E-state index contributed by atoms with van der Waals surface area (Å²) < 4.78 is 14.1. The van der Waals surface area contributed by atoms with Gasteiger partial charge in [-0.25, -0.2) is 4.79 Å². The summed E-state index contributed by atoms with van der Waals surface area (Å²) in [6.45, 7) is 2.76. The molecule has 0 aliphatic carbocycles. The van der Waals surface area contributed by atoms with Crippen LogP contribution in [0.5, 0.6) is 17.2 Å². The molecule has 1 fully saturated rings. The molecule has 1 atom stereocenters. The topological polar surface area (TPSA) is 152 Å². The molecule has 1 aliphatic rings. The van der Waals surface area contributed by atoms with Gasteiger partial charge < -0.3 is 36.3 Å². The van der Waals surface area contributed by atoms with Crippen LogP contribution in [-0.2, 0) is 25.5 Å². The monoisotopic (exact) mass is 1140 g/mol. The number of methoxy groups -OCH3 is 1. The van der Waals surface area contributed by atoms with Gasteiger partial charge in [0.2, 0.25) is 11.8 Å². The van der Waals surface area contributed by atoms with E-state index in [1.165, 1.54) is 7.11 Å². The van der Waals surface area contributed by atoms with Crippen LogP contribution in [-0.4, -0.2) is 67.1 Å². The molecule has 2 aromatic rings. The number of halogens is 6. The number of carbonyl (C=O) groups excluding carboxylic acids is 3. The molecule has 3 rings (SSSR count). The van der Waals surface area contributed by atoms with Gasteiger partial charge in [0, 0.05) is 45.4 Å². The molecule has 1 unspecified atom stereocenters. The van der Waals surface area contributed by atoms with E-state index in [-0.39, 0.29) is 76.9 Å². The number of hydrogen-bond acceptors (Lipinski definition) is 8. The van der Waals surface area contributed by atoms with Gasteiger partial charge in [0.25, 0.3) is 0 Å². The highest BCUT2D eigenvalue weighted by molar-refractivity contribution is 14.1. The van der Waals surface area contributed by atoms with Crippen LogP contribution in [0, 0.1) is 14.3 Å². The van der Waals surface area contributed by atoms with E-state index in [0.717, 1.165) is 25.8 Å². The van der Waals surface area contributed by atoms with Crippen molar-refractivity contribution in [2.24, 2.45) is 0 Å². The number of phenolic OH excluding ortho intramolecular Hbond substituents is 1. The molecule has 10 nitrogen and oxygen atoms in total. The summed E-state index contributed by atoms with van der Waals surface area (Å²) in [7, 11) is 1.28. The predicted molar refractivity (Wildman–Crippen MR) is 197 cm³/mol. The Morgan fingerprint density at radius 3 is 2.05 bits per heavy atom. The van der Waals surface area contributed by atoms with Crippen molar-refractivity contribution < 1.29 is 29.0 Å². The van der Waals surface area contributed by atoms with Crippen molar-refractivity contribution in [3.8, 4) is 17.2 Å². The minimum Gasteiger partial charge on any atom is -0.506 e. The standard InChI is InChI=1S/C24H25I4N3O6.2BrH.H3N/c1-36-24(35)19(30-20(32)2-3-21(33)31-6-4-29-5-7-31)10-13-8-17(27)23(18(28)9-13)37-14-11-15(25)22(34)16(26)12-14;;;/h8-9,11-12,19,29,34H,2-7,10H2,1H3,(H,30,32);2*1H;1H3. The SMILES string of the molecule is Br.Br.COC(=O)C(Cc1cc(I)c(Oc2cc(I)c(O)c(I)c2)c(I)c1)NC(=O)CCC(=O)N1CCNCC1.N. The fraction of sp³-hybridized carbons (Fsp3) is 0.375. The van der Waals surface area contributed by atoms with E-state index < -0.39 is 12.0 Å². The maximum atomic E-state index is 12.6. The molecule has 0 spiro atoms. The highest BCUT2D eigenvalue weighted by Crippen LogP contribution is 2.37. The van der Waals surface area contributed by atoms with E-state index in [1.54, 1.807) is 17.0 Å². The van der Waals surface area contributed by atoms with Gasteiger partial charge in [0.05, 0.1) is 21.4 Å². The molecule has 16 heteroatoms. The van der Waals surface area contributed by atoms with Crippen LogP contribution in [0.3, 0.4) is 0 Å². The van der Waals surface area contributed by atoms with Crippen LogP contribution >= 0.6 is 124 Å². The highest BCUT2D eigenvalue weighted by Gasteiger charge is 2.24. The minimum atomic E-state index is -0.884. The lowest BCUT2D eigenvalue weighted by Gasteiger charge is -2.27. The summed E-state index contributed by atoms with van der Waals surface area (Å²) in [6.07, 6.45) is 0.324. The molecule has 0 bridgehead atoms. The normalized spacial score (nSPS) is 13.1. The molecule has 224 valence electrons. The van der Waals surface area contributed by atoms with Crippen molar-refractivity contribution in [2.45, 2.75) is 25.3 Å². The number of phenols is 1. The summed E-state index contributed by atoms with van der Waals surface area (Å²) in [4.78, 5) is 39.1. The summed E-state index contributed by atoms with van der Waals surface area (Å²) in [5.74, 6) is 0.485. The smallest absolute Gasteiger partial charge is 0.328 e. The second kappa shape index (κ2) is 19.5. The highest BCUT2D eigenvalue weighted by atomic mass is 127. The van der Waals surface area contributed by atoms with Crippen molar-refractivity contribution in [2.75, 3.05) is 33.3 Å². The zero-order valence-electron chi connectivity index (χ0n) is 21.3. The third-order valence-electron chi connectivity index (χ3n) is 5.56. The van der Waals surface area contributed by atoms with E-state index in [1.807, 2.05) is 12.1 Å². The Balaban J connectivity index is 0.00000507. The zero-order valence-corrected chi connectivity index (χ0v) is 33.4. The number of hydrogen-bond donors (Lipinski definition) is 4. The number of carbonyl (C=O) groups is 3. The van der Waals surface area contributed by atoms with Crippen LogP contribution in [0.25, 0.3) is 0 Å². The van der Waals surface area contributed by atoms with Crippen molar-refractivity contribution >= 4 is 142 Å². The summed E-state index contributed by atoms with van der Waals surface area (Å²) in [6, 6.07) is 6.42. The number of nitrogens with one attached hydrogen (secondary N) is 2. The Kier molecular flexibility index (Phi) is 19.6. The third kappa shape index (κ3) is 11.7. The average Bonchev–Trinajstić information content (AvgIpc) is 2.87. The fourth-order valence-electron chi connectivity index (χ4n) is 3.68. The first-order valence-electron chi connectivity index (χ1n) is 11.3. The van der Waals surface area contributed by atoms with Crippen LogP contribution < -0.4 is 21.5 Å². The van der Waals surface area contributed by atoms with E-state index in [0.29, 0.717) is 31.7 Å². The lowest BCUT2D eigenvalue weighted by Crippen LogP contribution is -2.47. The van der Waals surface area contributed by atoms with E-state index >= 15 is 0 Å². The Bertz CT molecular complexity index is 1140. The number of piperazine rings is 1. The summed E-state index contributed by atoms with van der Waals surface area (Å²) in [5, 5.41) is 15.9. The van der Waals surface area contributed by atoms with Crippen LogP contribution in [0.1, 0.15) is 18.4 Å². The van der Waals surface area contributed by atoms with Gasteiger partial charge in [-0.15, -0.1) is 34.0 Å². The summed E-state index contributed by atoms with van der Waals surface area (Å²) >= 11 is 8.45. The van der Waals surface area contributed by atoms with Crippen LogP contribution in [0.4, 0.5) is 0 Å². The molecule has 1 aliphatic heterocycles. The molecule has 0 aromatic heterocycles. The maximum absolute atomic E-state index is 12.6. The fourth-order valence-corrected chi connectivity index (χ4v) is 7.51. The molecule has 0 saturated carbocycles. The third-order valence-corrected chi connectivity index (χ3v) is 8.81. The lowest BCUT2D eigenvalue weighted by atomic mass is 10.1. The Morgan fingerprint density at radius 1 is 0.975 bits per heavy atom. The number of benzene rings is 2. The quantitative estimate of drug-likeness (QED) is 0.195. The summed E-state index contributed by atoms with van der Waals surface area (Å²) in [5.41, 5.74) is 0.823. The van der Waals surface area contributed by atoms with Gasteiger partial charge in [-0.1, -0.05) is 0 Å². The Labute approximate surface area is 308 Å². The maximum Gasteiger partial charge on any atom is 0.328 e. The lowest BCUT2D eigenvalue weighted by molar-refractivity contribution is -0.145. The number of rotatable bonds is 9. The molecule has 6 N–H and O–H groups in total. The zero-order chi connectivity index (χ0) is 27.1. The van der Waals surface area contributed by atoms with Gasteiger partial charge >= 0.3 is 5.97 Å².